The first kappa shape index (κ1) is 23.0. The second-order valence-electron chi connectivity index (χ2n) is 9.22. The van der Waals surface area contributed by atoms with Crippen LogP contribution in [0.25, 0.3) is 21.7 Å². The Morgan fingerprint density at radius 2 is 1.85 bits per heavy atom. The molecule has 2 atom stereocenters. The zero-order chi connectivity index (χ0) is 23.8. The first-order chi connectivity index (χ1) is 15.6. The first-order valence-corrected chi connectivity index (χ1v) is 11.6. The lowest BCUT2D eigenvalue weighted by molar-refractivity contribution is 0.238. The molecule has 4 rings (SSSR count). The van der Waals surface area contributed by atoms with Gasteiger partial charge in [-0.1, -0.05) is 78.9 Å². The molecule has 33 heavy (non-hydrogen) atoms. The quantitative estimate of drug-likeness (QED) is 0.245. The minimum Gasteiger partial charge on any atom is -0.376 e. The fourth-order valence-corrected chi connectivity index (χ4v) is 3.84. The number of anilines is 1. The summed E-state index contributed by atoms with van der Waals surface area (Å²) in [4.78, 5) is 20.5. The smallest absolute Gasteiger partial charge is 0.258 e. The van der Waals surface area contributed by atoms with E-state index in [0.717, 1.165) is 15.2 Å². The van der Waals surface area contributed by atoms with Crippen LogP contribution in [0, 0.1) is 17.3 Å². The number of aromatic amines is 1. The van der Waals surface area contributed by atoms with Crippen molar-refractivity contribution in [2.45, 2.75) is 39.8 Å². The number of pyridine rings is 2. The van der Waals surface area contributed by atoms with Crippen molar-refractivity contribution in [3.05, 3.63) is 80.7 Å². The van der Waals surface area contributed by atoms with Gasteiger partial charge in [-0.15, -0.1) is 0 Å². The van der Waals surface area contributed by atoms with E-state index < -0.39 is 6.10 Å². The van der Waals surface area contributed by atoms with Crippen LogP contribution < -0.4 is 10.9 Å². The maximum Gasteiger partial charge on any atom is 0.258 e. The van der Waals surface area contributed by atoms with Gasteiger partial charge in [-0.2, -0.15) is 0 Å². The summed E-state index contributed by atoms with van der Waals surface area (Å²) >= 11 is 3.53. The predicted molar refractivity (Wildman–Crippen MR) is 138 cm³/mol. The van der Waals surface area contributed by atoms with Crippen LogP contribution in [0.15, 0.2) is 64.0 Å². The van der Waals surface area contributed by atoms with Gasteiger partial charge >= 0.3 is 0 Å². The molecule has 0 aliphatic rings. The van der Waals surface area contributed by atoms with Crippen LogP contribution in [-0.4, -0.2) is 21.1 Å². The van der Waals surface area contributed by atoms with E-state index in [2.05, 4.69) is 65.8 Å². The highest BCUT2D eigenvalue weighted by Crippen LogP contribution is 2.33. The van der Waals surface area contributed by atoms with Crippen LogP contribution in [0.1, 0.15) is 44.9 Å². The van der Waals surface area contributed by atoms with Gasteiger partial charge in [0.15, 0.2) is 0 Å². The molecule has 2 unspecified atom stereocenters. The van der Waals surface area contributed by atoms with Gasteiger partial charge in [0.25, 0.3) is 5.56 Å². The zero-order valence-corrected chi connectivity index (χ0v) is 20.6. The Kier molecular flexibility index (Phi) is 6.29. The largest absolute Gasteiger partial charge is 0.376 e. The molecule has 0 saturated heterocycles. The summed E-state index contributed by atoms with van der Waals surface area (Å²) < 4.78 is 0.868. The molecule has 2 aromatic heterocycles. The van der Waals surface area contributed by atoms with Crippen molar-refractivity contribution in [3.63, 3.8) is 0 Å². The van der Waals surface area contributed by atoms with Crippen molar-refractivity contribution < 1.29 is 5.11 Å². The molecule has 0 fully saturated rings. The van der Waals surface area contributed by atoms with E-state index in [9.17, 15) is 9.90 Å². The molecule has 2 heterocycles. The van der Waals surface area contributed by atoms with Gasteiger partial charge in [-0.25, -0.2) is 4.98 Å². The summed E-state index contributed by atoms with van der Waals surface area (Å²) in [7, 11) is 0. The molecule has 0 radical (unpaired) electrons. The van der Waals surface area contributed by atoms with Crippen LogP contribution in [0.4, 0.5) is 5.82 Å². The van der Waals surface area contributed by atoms with Crippen LogP contribution >= 0.6 is 15.9 Å². The maximum atomic E-state index is 12.9. The minimum atomic E-state index is -0.943. The summed E-state index contributed by atoms with van der Waals surface area (Å²) in [6.07, 6.45) is 0.615. The van der Waals surface area contributed by atoms with Gasteiger partial charge in [-0.3, -0.25) is 4.79 Å². The summed E-state index contributed by atoms with van der Waals surface area (Å²) in [5.74, 6) is 6.61. The molecule has 0 bridgehead atoms. The van der Waals surface area contributed by atoms with Gasteiger partial charge in [-0.05, 0) is 36.1 Å². The van der Waals surface area contributed by atoms with Crippen LogP contribution in [0.5, 0.6) is 0 Å². The average molecular weight is 504 g/mol. The fourth-order valence-electron chi connectivity index (χ4n) is 3.48. The third kappa shape index (κ3) is 4.80. The Balaban J connectivity index is 1.93. The lowest BCUT2D eigenvalue weighted by atomic mass is 9.88. The second kappa shape index (κ2) is 9.01. The number of aliphatic hydroxyl groups is 1. The van der Waals surface area contributed by atoms with Gasteiger partial charge in [0.2, 0.25) is 0 Å². The predicted octanol–water partition coefficient (Wildman–Crippen LogP) is 5.77. The van der Waals surface area contributed by atoms with Crippen molar-refractivity contribution >= 4 is 43.4 Å². The van der Waals surface area contributed by atoms with Crippen molar-refractivity contribution in [1.82, 2.24) is 9.97 Å². The van der Waals surface area contributed by atoms with Gasteiger partial charge in [0.05, 0.1) is 16.5 Å². The molecule has 6 heteroatoms. The van der Waals surface area contributed by atoms with E-state index in [0.29, 0.717) is 27.8 Å². The third-order valence-electron chi connectivity index (χ3n) is 5.91. The minimum absolute atomic E-state index is 0.00884. The molecule has 0 amide bonds. The number of fused-ring (bicyclic) bond motifs is 3. The van der Waals surface area contributed by atoms with E-state index in [4.69, 9.17) is 4.98 Å². The molecule has 0 aliphatic heterocycles. The summed E-state index contributed by atoms with van der Waals surface area (Å²) in [5.41, 5.74) is 1.54. The van der Waals surface area contributed by atoms with Gasteiger partial charge < -0.3 is 15.4 Å². The number of nitrogens with zero attached hydrogens (tertiary/aromatic N) is 1. The number of aromatic nitrogens is 2. The number of hydrogen-bond acceptors (Lipinski definition) is 4. The van der Waals surface area contributed by atoms with Crippen molar-refractivity contribution in [1.29, 1.82) is 0 Å². The summed E-state index contributed by atoms with van der Waals surface area (Å²) in [6, 6.07) is 15.2. The van der Waals surface area contributed by atoms with Crippen LogP contribution in [-0.2, 0) is 0 Å². The van der Waals surface area contributed by atoms with E-state index in [1.165, 1.54) is 0 Å². The van der Waals surface area contributed by atoms with Gasteiger partial charge in [0.1, 0.15) is 11.9 Å². The Labute approximate surface area is 201 Å². The molecule has 168 valence electrons. The molecule has 3 N–H and O–H groups in total. The van der Waals surface area contributed by atoms with E-state index in [1.54, 1.807) is 6.20 Å². The highest BCUT2D eigenvalue weighted by Gasteiger charge is 2.22. The average Bonchev–Trinajstić information content (AvgIpc) is 2.78. The number of rotatable bonds is 3. The molecule has 2 aromatic carbocycles. The number of H-pyrrole nitrogens is 1. The summed E-state index contributed by atoms with van der Waals surface area (Å²) in [5, 5.41) is 16.2. The molecule has 4 aromatic rings. The lowest BCUT2D eigenvalue weighted by Crippen LogP contribution is -2.31. The third-order valence-corrected chi connectivity index (χ3v) is 6.40. The Hall–Kier alpha value is -3.14. The molecule has 0 aliphatic carbocycles. The van der Waals surface area contributed by atoms with Crippen molar-refractivity contribution in [2.24, 2.45) is 5.41 Å². The van der Waals surface area contributed by atoms with Gasteiger partial charge in [0, 0.05) is 27.5 Å². The highest BCUT2D eigenvalue weighted by atomic mass is 79.9. The Morgan fingerprint density at radius 3 is 2.55 bits per heavy atom. The van der Waals surface area contributed by atoms with Crippen LogP contribution in [0.2, 0.25) is 0 Å². The van der Waals surface area contributed by atoms with Crippen molar-refractivity contribution in [2.75, 3.05) is 5.32 Å². The maximum absolute atomic E-state index is 12.9. The van der Waals surface area contributed by atoms with E-state index in [1.807, 2.05) is 48.5 Å². The fraction of sp³-hybridized carbons (Fsp3) is 0.259. The number of hydrogen-bond donors (Lipinski definition) is 3. The number of benzene rings is 2. The lowest BCUT2D eigenvalue weighted by Gasteiger charge is -2.29. The molecule has 0 spiro atoms. The standard InChI is InChI=1S/C27H26BrN3O2/c1-16(27(2,3)4)30-25-20-12-11-19(28)14-21(20)23-24(31-25)18(15-29-26(23)33)10-13-22(32)17-8-6-5-7-9-17/h5-9,11-12,14-16,22,32H,1-4H3,(H,29,33)(H,30,31). The molecule has 0 saturated carbocycles. The first-order valence-electron chi connectivity index (χ1n) is 10.8. The van der Waals surface area contributed by atoms with E-state index >= 15 is 0 Å². The van der Waals surface area contributed by atoms with Crippen LogP contribution in [0.3, 0.4) is 0 Å². The number of halogens is 1. The molecular formula is C27H26BrN3O2. The Bertz CT molecular complexity index is 1440. The zero-order valence-electron chi connectivity index (χ0n) is 19.0. The Morgan fingerprint density at radius 1 is 1.12 bits per heavy atom. The van der Waals surface area contributed by atoms with E-state index in [-0.39, 0.29) is 17.0 Å². The monoisotopic (exact) mass is 503 g/mol. The highest BCUT2D eigenvalue weighted by molar-refractivity contribution is 9.10. The molecular weight excluding hydrogens is 478 g/mol. The number of nitrogens with one attached hydrogen (secondary N) is 2. The normalized spacial score (nSPS) is 13.4. The number of aliphatic hydroxyl groups excluding tert-OH is 1. The topological polar surface area (TPSA) is 78.0 Å². The SMILES string of the molecule is CC(Nc1nc2c(C#CC(O)c3ccccc3)c[nH]c(=O)c2c2cc(Br)ccc12)C(C)(C)C. The molecule has 5 nitrogen and oxygen atoms in total. The summed E-state index contributed by atoms with van der Waals surface area (Å²) in [6.45, 7) is 8.61. The van der Waals surface area contributed by atoms with Crippen molar-refractivity contribution in [3.8, 4) is 11.8 Å². The second-order valence-corrected chi connectivity index (χ2v) is 10.1.